The van der Waals surface area contributed by atoms with Crippen LogP contribution in [-0.2, 0) is 33.9 Å². The van der Waals surface area contributed by atoms with E-state index in [-0.39, 0.29) is 36.5 Å². The molecule has 0 spiro atoms. The third-order valence-corrected chi connectivity index (χ3v) is 9.64. The van der Waals surface area contributed by atoms with E-state index in [1.54, 1.807) is 26.8 Å². The van der Waals surface area contributed by atoms with E-state index < -0.39 is 62.3 Å². The number of ketones is 1. The van der Waals surface area contributed by atoms with Gasteiger partial charge in [-0.05, 0) is 76.7 Å². The molecule has 3 aliphatic rings. The van der Waals surface area contributed by atoms with Gasteiger partial charge in [0, 0.05) is 13.0 Å². The molecule has 0 aromatic carbocycles. The number of rotatable bonds is 12. The topological polar surface area (TPSA) is 168 Å². The van der Waals surface area contributed by atoms with Gasteiger partial charge in [-0.2, -0.15) is 0 Å². The lowest BCUT2D eigenvalue weighted by Gasteiger charge is -2.30. The Labute approximate surface area is 255 Å². The fourth-order valence-corrected chi connectivity index (χ4v) is 6.58. The van der Waals surface area contributed by atoms with Crippen LogP contribution in [0, 0.1) is 11.3 Å². The van der Waals surface area contributed by atoms with Crippen LogP contribution in [0.3, 0.4) is 0 Å². The van der Waals surface area contributed by atoms with Gasteiger partial charge in [-0.3, -0.25) is 23.9 Å². The standard InChI is InChI=1S/C30H48N4O8S/c1-8-19-18-30(19,26(38)33-43(40,41)21-12-13-21)32-24(36)23-10-9-17-34(23)25(37)22(31-27(39)42-29(5,6)7)14-11-20(35)15-16-28(2,3)4/h15-16,19,21-23H,8-14,17-18H2,1-7H3,(H,31,39)(H,32,36)(H,33,38)/t19-,22+,23+,30-/m1/s1. The van der Waals surface area contributed by atoms with Crippen LogP contribution in [0.25, 0.3) is 0 Å². The van der Waals surface area contributed by atoms with Crippen LogP contribution in [0.4, 0.5) is 4.79 Å². The molecule has 2 saturated carbocycles. The van der Waals surface area contributed by atoms with Crippen LogP contribution in [0.2, 0.25) is 0 Å². The van der Waals surface area contributed by atoms with Crippen LogP contribution in [-0.4, -0.2) is 77.9 Å². The Morgan fingerprint density at radius 2 is 1.70 bits per heavy atom. The second kappa shape index (κ2) is 13.0. The Morgan fingerprint density at radius 3 is 2.23 bits per heavy atom. The normalized spacial score (nSPS) is 24.8. The maximum absolute atomic E-state index is 13.8. The molecule has 0 radical (unpaired) electrons. The molecule has 242 valence electrons. The minimum Gasteiger partial charge on any atom is -0.444 e. The second-order valence-electron chi connectivity index (χ2n) is 14.0. The number of carbonyl (C=O) groups excluding carboxylic acids is 5. The van der Waals surface area contributed by atoms with Crippen LogP contribution >= 0.6 is 0 Å². The zero-order valence-corrected chi connectivity index (χ0v) is 27.3. The smallest absolute Gasteiger partial charge is 0.408 e. The number of likely N-dealkylation sites (tertiary alicyclic amines) is 1. The highest BCUT2D eigenvalue weighted by atomic mass is 32.2. The van der Waals surface area contributed by atoms with Gasteiger partial charge in [0.15, 0.2) is 5.78 Å². The summed E-state index contributed by atoms with van der Waals surface area (Å²) in [6.07, 6.45) is 5.11. The van der Waals surface area contributed by atoms with Crippen molar-refractivity contribution in [2.45, 2.75) is 128 Å². The number of nitrogens with one attached hydrogen (secondary N) is 3. The van der Waals surface area contributed by atoms with Crippen LogP contribution < -0.4 is 15.4 Å². The van der Waals surface area contributed by atoms with Crippen molar-refractivity contribution >= 4 is 39.6 Å². The number of allylic oxidation sites excluding steroid dienone is 2. The molecule has 1 aliphatic heterocycles. The summed E-state index contributed by atoms with van der Waals surface area (Å²) >= 11 is 0. The first-order valence-electron chi connectivity index (χ1n) is 15.2. The first-order valence-corrected chi connectivity index (χ1v) is 16.7. The van der Waals surface area contributed by atoms with Crippen molar-refractivity contribution in [2.24, 2.45) is 11.3 Å². The molecule has 3 N–H and O–H groups in total. The van der Waals surface area contributed by atoms with Crippen molar-refractivity contribution in [2.75, 3.05) is 6.54 Å². The maximum atomic E-state index is 13.8. The third kappa shape index (κ3) is 9.51. The molecule has 3 rings (SSSR count). The highest BCUT2D eigenvalue weighted by Crippen LogP contribution is 2.46. The predicted octanol–water partition coefficient (Wildman–Crippen LogP) is 2.72. The maximum Gasteiger partial charge on any atom is 0.408 e. The van der Waals surface area contributed by atoms with Crippen molar-refractivity contribution in [3.05, 3.63) is 12.2 Å². The molecule has 4 atom stereocenters. The van der Waals surface area contributed by atoms with E-state index in [2.05, 4.69) is 15.4 Å². The molecule has 0 bridgehead atoms. The number of carbonyl (C=O) groups is 5. The Hall–Kier alpha value is -2.96. The number of hydrogen-bond acceptors (Lipinski definition) is 8. The summed E-state index contributed by atoms with van der Waals surface area (Å²) in [6, 6.07) is -2.05. The molecule has 13 heteroatoms. The summed E-state index contributed by atoms with van der Waals surface area (Å²) in [5.74, 6) is -2.27. The van der Waals surface area contributed by atoms with Gasteiger partial charge in [0.1, 0.15) is 23.2 Å². The molecule has 4 amide bonds. The van der Waals surface area contributed by atoms with Gasteiger partial charge in [0.05, 0.1) is 5.25 Å². The minimum absolute atomic E-state index is 0.000486. The number of nitrogens with zero attached hydrogens (tertiary/aromatic N) is 1. The monoisotopic (exact) mass is 624 g/mol. The van der Waals surface area contributed by atoms with Gasteiger partial charge in [-0.15, -0.1) is 0 Å². The van der Waals surface area contributed by atoms with Gasteiger partial charge < -0.3 is 20.3 Å². The molecule has 43 heavy (non-hydrogen) atoms. The molecule has 12 nitrogen and oxygen atoms in total. The number of hydrogen-bond donors (Lipinski definition) is 3. The summed E-state index contributed by atoms with van der Waals surface area (Å²) in [5.41, 5.74) is -2.38. The fraction of sp³-hybridized carbons (Fsp3) is 0.767. The molecule has 1 saturated heterocycles. The molecule has 0 aromatic heterocycles. The number of ether oxygens (including phenoxy) is 1. The highest BCUT2D eigenvalue weighted by Gasteiger charge is 2.62. The van der Waals surface area contributed by atoms with Crippen molar-refractivity contribution < 1.29 is 37.1 Å². The second-order valence-corrected chi connectivity index (χ2v) is 16.0. The van der Waals surface area contributed by atoms with Crippen molar-refractivity contribution in [3.8, 4) is 0 Å². The first-order chi connectivity index (χ1) is 19.8. The predicted molar refractivity (Wildman–Crippen MR) is 160 cm³/mol. The molecule has 1 heterocycles. The zero-order chi connectivity index (χ0) is 32.4. The van der Waals surface area contributed by atoms with Crippen LogP contribution in [0.1, 0.15) is 99.8 Å². The van der Waals surface area contributed by atoms with E-state index in [9.17, 15) is 32.4 Å². The molecule has 3 fully saturated rings. The molecule has 0 aromatic rings. The molecular weight excluding hydrogens is 576 g/mol. The summed E-state index contributed by atoms with van der Waals surface area (Å²) in [6.45, 7) is 13.0. The highest BCUT2D eigenvalue weighted by molar-refractivity contribution is 7.91. The quantitative estimate of drug-likeness (QED) is 0.279. The van der Waals surface area contributed by atoms with E-state index in [1.807, 2.05) is 27.7 Å². The SMILES string of the molecule is CC[C@@H]1C[C@]1(NC(=O)[C@@H]1CCCN1C(=O)[C@H](CCC(=O)C=CC(C)(C)C)NC(=O)OC(C)(C)C)C(=O)NS(=O)(=O)C1CC1. The summed E-state index contributed by atoms with van der Waals surface area (Å²) in [7, 11) is -3.80. The van der Waals surface area contributed by atoms with Gasteiger partial charge in [0.25, 0.3) is 5.91 Å². The Bertz CT molecular complexity index is 1250. The van der Waals surface area contributed by atoms with E-state index >= 15 is 0 Å². The average molecular weight is 625 g/mol. The van der Waals surface area contributed by atoms with E-state index in [1.165, 1.54) is 11.0 Å². The lowest BCUT2D eigenvalue weighted by molar-refractivity contribution is -0.141. The largest absolute Gasteiger partial charge is 0.444 e. The summed E-state index contributed by atoms with van der Waals surface area (Å²) < 4.78 is 32.4. The Balaban J connectivity index is 1.74. The fourth-order valence-electron chi connectivity index (χ4n) is 5.22. The minimum atomic E-state index is -3.80. The van der Waals surface area contributed by atoms with Crippen LogP contribution in [0.15, 0.2) is 12.2 Å². The molecule has 2 aliphatic carbocycles. The number of sulfonamides is 1. The number of alkyl carbamates (subject to hydrolysis) is 1. The molecular formula is C30H48N4O8S. The molecule has 0 unspecified atom stereocenters. The number of amides is 4. The van der Waals surface area contributed by atoms with Crippen molar-refractivity contribution in [1.82, 2.24) is 20.3 Å². The van der Waals surface area contributed by atoms with Gasteiger partial charge >= 0.3 is 6.09 Å². The van der Waals surface area contributed by atoms with E-state index in [0.717, 1.165) is 0 Å². The lowest BCUT2D eigenvalue weighted by Crippen LogP contribution is -2.58. The zero-order valence-electron chi connectivity index (χ0n) is 26.4. The van der Waals surface area contributed by atoms with E-state index in [4.69, 9.17) is 4.74 Å². The van der Waals surface area contributed by atoms with Crippen LogP contribution in [0.5, 0.6) is 0 Å². The van der Waals surface area contributed by atoms with Gasteiger partial charge in [0.2, 0.25) is 21.8 Å². The Morgan fingerprint density at radius 1 is 1.05 bits per heavy atom. The lowest BCUT2D eigenvalue weighted by atomic mass is 9.95. The van der Waals surface area contributed by atoms with Crippen molar-refractivity contribution in [1.29, 1.82) is 0 Å². The first kappa shape index (κ1) is 34.5. The summed E-state index contributed by atoms with van der Waals surface area (Å²) in [4.78, 5) is 67.0. The average Bonchev–Trinajstić information content (AvgIpc) is 3.79. The van der Waals surface area contributed by atoms with Crippen molar-refractivity contribution in [3.63, 3.8) is 0 Å². The van der Waals surface area contributed by atoms with E-state index in [0.29, 0.717) is 38.5 Å². The van der Waals surface area contributed by atoms with Gasteiger partial charge in [-0.25, -0.2) is 13.2 Å². The third-order valence-electron chi connectivity index (χ3n) is 7.82. The Kier molecular flexibility index (Phi) is 10.4. The van der Waals surface area contributed by atoms with Gasteiger partial charge in [-0.1, -0.05) is 40.2 Å². The summed E-state index contributed by atoms with van der Waals surface area (Å²) in [5, 5.41) is 4.78.